The van der Waals surface area contributed by atoms with Crippen molar-refractivity contribution in [2.24, 2.45) is 7.05 Å². The van der Waals surface area contributed by atoms with E-state index in [-0.39, 0.29) is 11.9 Å². The smallest absolute Gasteiger partial charge is 0.255 e. The molecule has 0 spiro atoms. The number of rotatable bonds is 2. The van der Waals surface area contributed by atoms with Crippen molar-refractivity contribution in [1.82, 2.24) is 19.7 Å². The van der Waals surface area contributed by atoms with Gasteiger partial charge in [-0.3, -0.25) is 9.48 Å². The molecule has 2 aliphatic rings. The Hall–Kier alpha value is -4.06. The molecule has 2 aromatic heterocycles. The number of carbonyl (C=O) groups is 1. The van der Waals surface area contributed by atoms with Crippen molar-refractivity contribution in [1.29, 1.82) is 0 Å². The largest absolute Gasteiger partial charge is 0.491 e. The second-order valence-electron chi connectivity index (χ2n) is 8.94. The van der Waals surface area contributed by atoms with Gasteiger partial charge in [0.05, 0.1) is 47.1 Å². The predicted octanol–water partition coefficient (Wildman–Crippen LogP) is 3.84. The Morgan fingerprint density at radius 3 is 2.81 bits per heavy atom. The van der Waals surface area contributed by atoms with Crippen LogP contribution in [0.2, 0.25) is 5.02 Å². The fourth-order valence-corrected chi connectivity index (χ4v) is 4.95. The zero-order valence-corrected chi connectivity index (χ0v) is 20.5. The third-order valence-electron chi connectivity index (χ3n) is 6.66. The molecule has 0 saturated carbocycles. The highest BCUT2D eigenvalue weighted by atomic mass is 35.5. The van der Waals surface area contributed by atoms with Gasteiger partial charge in [-0.2, -0.15) is 5.10 Å². The predicted molar refractivity (Wildman–Crippen MR) is 136 cm³/mol. The van der Waals surface area contributed by atoms with Gasteiger partial charge in [0.1, 0.15) is 18.2 Å². The van der Waals surface area contributed by atoms with E-state index in [2.05, 4.69) is 21.9 Å². The lowest BCUT2D eigenvalue weighted by atomic mass is 10.0. The topological polar surface area (TPSA) is 95.5 Å². The number of carbonyl (C=O) groups excluding carboxylic acids is 1. The molecule has 6 rings (SSSR count). The molecule has 2 N–H and O–H groups in total. The van der Waals surface area contributed by atoms with Crippen molar-refractivity contribution in [2.45, 2.75) is 19.3 Å². The number of aryl methyl sites for hydroxylation is 1. The van der Waals surface area contributed by atoms with Gasteiger partial charge in [0.15, 0.2) is 0 Å². The average Bonchev–Trinajstić information content (AvgIpc) is 3.61. The average molecular weight is 500 g/mol. The third-order valence-corrected chi connectivity index (χ3v) is 6.97. The molecule has 4 heterocycles. The summed E-state index contributed by atoms with van der Waals surface area (Å²) >= 11 is 6.55. The van der Waals surface area contributed by atoms with Gasteiger partial charge in [-0.15, -0.1) is 0 Å². The number of fused-ring (bicyclic) bond motifs is 4. The van der Waals surface area contributed by atoms with Crippen LogP contribution in [-0.4, -0.2) is 39.2 Å². The number of anilines is 1. The molecule has 2 aliphatic heterocycles. The van der Waals surface area contributed by atoms with Crippen molar-refractivity contribution >= 4 is 34.2 Å². The fourth-order valence-electron chi connectivity index (χ4n) is 4.71. The second kappa shape index (κ2) is 8.55. The molecule has 0 saturated heterocycles. The number of nitrogen functional groups attached to an aromatic ring is 1. The Bertz CT molecular complexity index is 1620. The van der Waals surface area contributed by atoms with E-state index in [4.69, 9.17) is 26.8 Å². The number of nitrogens with zero attached hydrogens (tertiary/aromatic N) is 4. The number of benzene rings is 2. The van der Waals surface area contributed by atoms with Gasteiger partial charge < -0.3 is 20.1 Å². The van der Waals surface area contributed by atoms with Crippen molar-refractivity contribution in [3.05, 3.63) is 81.1 Å². The number of likely N-dealkylation sites (N-methyl/N-ethyl adjacent to an activating group) is 1. The zero-order valence-electron chi connectivity index (χ0n) is 19.7. The monoisotopic (exact) mass is 499 g/mol. The van der Waals surface area contributed by atoms with Crippen LogP contribution in [0, 0.1) is 11.8 Å². The minimum absolute atomic E-state index is 0.201. The van der Waals surface area contributed by atoms with Crippen LogP contribution in [0.5, 0.6) is 5.75 Å². The first-order valence-electron chi connectivity index (χ1n) is 11.4. The number of ether oxygens (including phenoxy) is 2. The fraction of sp³-hybridized carbons (Fsp3) is 0.222. The molecule has 1 amide bonds. The number of hydrogen-bond acceptors (Lipinski definition) is 6. The molecule has 4 aromatic rings. The molecule has 1 atom stereocenters. The van der Waals surface area contributed by atoms with E-state index in [0.29, 0.717) is 41.7 Å². The lowest BCUT2D eigenvalue weighted by Gasteiger charge is -2.24. The minimum Gasteiger partial charge on any atom is -0.491 e. The number of aromatic nitrogens is 3. The van der Waals surface area contributed by atoms with Crippen LogP contribution < -0.4 is 10.5 Å². The summed E-state index contributed by atoms with van der Waals surface area (Å²) in [5, 5.41) is 5.28. The number of pyridine rings is 1. The third kappa shape index (κ3) is 3.73. The summed E-state index contributed by atoms with van der Waals surface area (Å²) in [5.41, 5.74) is 11.6. The summed E-state index contributed by atoms with van der Waals surface area (Å²) in [4.78, 5) is 19.7. The van der Waals surface area contributed by atoms with E-state index in [1.807, 2.05) is 31.4 Å². The summed E-state index contributed by atoms with van der Waals surface area (Å²) in [6.45, 7) is 1.20. The summed E-state index contributed by atoms with van der Waals surface area (Å²) in [5.74, 6) is 7.19. The lowest BCUT2D eigenvalue weighted by molar-refractivity contribution is 0.0709. The maximum atomic E-state index is 13.6. The van der Waals surface area contributed by atoms with Gasteiger partial charge in [0, 0.05) is 42.4 Å². The molecule has 0 fully saturated rings. The molecule has 1 unspecified atom stereocenters. The summed E-state index contributed by atoms with van der Waals surface area (Å²) < 4.78 is 13.2. The maximum absolute atomic E-state index is 13.6. The Labute approximate surface area is 212 Å². The molecule has 36 heavy (non-hydrogen) atoms. The van der Waals surface area contributed by atoms with Crippen LogP contribution in [0.15, 0.2) is 42.7 Å². The summed E-state index contributed by atoms with van der Waals surface area (Å²) in [7, 11) is 3.61. The molecule has 2 aromatic carbocycles. The lowest BCUT2D eigenvalue weighted by Crippen LogP contribution is -2.32. The van der Waals surface area contributed by atoms with Crippen LogP contribution in [0.4, 0.5) is 5.82 Å². The van der Waals surface area contributed by atoms with Crippen molar-refractivity contribution in [3.63, 3.8) is 0 Å². The van der Waals surface area contributed by atoms with Gasteiger partial charge in [-0.05, 0) is 29.8 Å². The molecule has 0 radical (unpaired) electrons. The van der Waals surface area contributed by atoms with Crippen LogP contribution in [0.1, 0.15) is 44.2 Å². The van der Waals surface area contributed by atoms with Crippen LogP contribution in [0.25, 0.3) is 10.9 Å². The van der Waals surface area contributed by atoms with Crippen LogP contribution in [-0.2, 0) is 25.0 Å². The first-order valence-corrected chi connectivity index (χ1v) is 11.8. The quantitative estimate of drug-likeness (QED) is 0.421. The number of hydrogen-bond donors (Lipinski definition) is 1. The molecular formula is C27H22ClN5O3. The minimum atomic E-state index is -0.252. The Kier molecular flexibility index (Phi) is 5.32. The number of amides is 1. The highest BCUT2D eigenvalue weighted by Crippen LogP contribution is 2.38. The SMILES string of the molecule is CN(C(=O)c1cc2c3c(c(N)nc2cc1Cl)COC3)C1COc2cc(C#Cc3cnn(C)c3)ccc21. The van der Waals surface area contributed by atoms with E-state index in [9.17, 15) is 4.79 Å². The highest BCUT2D eigenvalue weighted by Gasteiger charge is 2.32. The van der Waals surface area contributed by atoms with Gasteiger partial charge in [0.2, 0.25) is 0 Å². The maximum Gasteiger partial charge on any atom is 0.255 e. The van der Waals surface area contributed by atoms with Crippen LogP contribution >= 0.6 is 11.6 Å². The van der Waals surface area contributed by atoms with E-state index in [0.717, 1.165) is 39.0 Å². The molecule has 9 heteroatoms. The van der Waals surface area contributed by atoms with E-state index >= 15 is 0 Å². The van der Waals surface area contributed by atoms with Crippen molar-refractivity contribution < 1.29 is 14.3 Å². The van der Waals surface area contributed by atoms with Gasteiger partial charge in [-0.1, -0.05) is 29.5 Å². The van der Waals surface area contributed by atoms with Gasteiger partial charge in [0.25, 0.3) is 5.91 Å². The first-order chi connectivity index (χ1) is 17.4. The Morgan fingerprint density at radius 2 is 2.00 bits per heavy atom. The summed E-state index contributed by atoms with van der Waals surface area (Å²) in [6, 6.07) is 9.04. The van der Waals surface area contributed by atoms with E-state index in [1.165, 1.54) is 0 Å². The first kappa shape index (κ1) is 22.4. The van der Waals surface area contributed by atoms with E-state index in [1.54, 1.807) is 35.0 Å². The normalized spacial score (nSPS) is 15.7. The standard InChI is InChI=1S/C27H22ClN5O3/c1-32-11-16(10-30-32)4-3-15-5-6-17-24(14-36-25(17)7-15)33(2)27(34)19-8-18-20-12-35-13-21(20)26(29)31-23(18)9-22(19)28/h5-11,24H,12-14H2,1-2H3,(H2,29,31). The zero-order chi connectivity index (χ0) is 25.0. The second-order valence-corrected chi connectivity index (χ2v) is 9.35. The van der Waals surface area contributed by atoms with Crippen molar-refractivity contribution in [2.75, 3.05) is 19.4 Å². The molecular weight excluding hydrogens is 478 g/mol. The molecule has 8 nitrogen and oxygen atoms in total. The summed E-state index contributed by atoms with van der Waals surface area (Å²) in [6.07, 6.45) is 3.58. The molecule has 180 valence electrons. The Morgan fingerprint density at radius 1 is 1.19 bits per heavy atom. The van der Waals surface area contributed by atoms with Gasteiger partial charge >= 0.3 is 0 Å². The number of halogens is 1. The van der Waals surface area contributed by atoms with Crippen molar-refractivity contribution in [3.8, 4) is 17.6 Å². The Balaban J connectivity index is 1.29. The number of nitrogens with two attached hydrogens (primary N) is 1. The van der Waals surface area contributed by atoms with E-state index < -0.39 is 0 Å². The molecule has 0 aliphatic carbocycles. The molecule has 0 bridgehead atoms. The highest BCUT2D eigenvalue weighted by molar-refractivity contribution is 6.34. The van der Waals surface area contributed by atoms with Gasteiger partial charge in [-0.25, -0.2) is 4.98 Å². The van der Waals surface area contributed by atoms with Crippen LogP contribution in [0.3, 0.4) is 0 Å².